The standard InChI is InChI=1S/C15H22F2N2O2/c1-14(2,3)21-13(20)19-11-7-9(8-15(4,5)18)6-10(16)12(11)17/h6-7H,8,18H2,1-5H3,(H,19,20). The second-order valence-corrected chi connectivity index (χ2v) is 6.73. The van der Waals surface area contributed by atoms with Gasteiger partial charge in [-0.3, -0.25) is 5.32 Å². The van der Waals surface area contributed by atoms with Gasteiger partial charge in [0.15, 0.2) is 11.6 Å². The molecule has 1 amide bonds. The number of amides is 1. The Morgan fingerprint density at radius 2 is 1.81 bits per heavy atom. The van der Waals surface area contributed by atoms with Gasteiger partial charge in [-0.25, -0.2) is 13.6 Å². The molecule has 3 N–H and O–H groups in total. The number of hydrogen-bond acceptors (Lipinski definition) is 3. The van der Waals surface area contributed by atoms with Crippen molar-refractivity contribution in [2.45, 2.75) is 52.2 Å². The quantitative estimate of drug-likeness (QED) is 0.896. The van der Waals surface area contributed by atoms with Crippen LogP contribution in [0.3, 0.4) is 0 Å². The van der Waals surface area contributed by atoms with Crippen molar-refractivity contribution in [3.8, 4) is 0 Å². The van der Waals surface area contributed by atoms with Crippen LogP contribution in [0.25, 0.3) is 0 Å². The molecule has 0 heterocycles. The number of ether oxygens (including phenoxy) is 1. The summed E-state index contributed by atoms with van der Waals surface area (Å²) in [4.78, 5) is 11.6. The Morgan fingerprint density at radius 3 is 2.29 bits per heavy atom. The second kappa shape index (κ2) is 5.97. The van der Waals surface area contributed by atoms with E-state index in [9.17, 15) is 13.6 Å². The van der Waals surface area contributed by atoms with Crippen LogP contribution in [-0.4, -0.2) is 17.2 Å². The van der Waals surface area contributed by atoms with Crippen LogP contribution in [0.2, 0.25) is 0 Å². The van der Waals surface area contributed by atoms with E-state index in [1.807, 2.05) is 0 Å². The van der Waals surface area contributed by atoms with Gasteiger partial charge in [-0.1, -0.05) is 0 Å². The maximum Gasteiger partial charge on any atom is 0.412 e. The third kappa shape index (κ3) is 6.08. The van der Waals surface area contributed by atoms with E-state index in [1.165, 1.54) is 6.07 Å². The molecule has 1 aromatic rings. The zero-order chi connectivity index (χ0) is 16.4. The summed E-state index contributed by atoms with van der Waals surface area (Å²) < 4.78 is 32.3. The fraction of sp³-hybridized carbons (Fsp3) is 0.533. The lowest BCUT2D eigenvalue weighted by Gasteiger charge is -2.21. The number of carbonyl (C=O) groups is 1. The van der Waals surface area contributed by atoms with Crippen LogP contribution in [0.1, 0.15) is 40.2 Å². The maximum absolute atomic E-state index is 13.7. The molecule has 1 aromatic carbocycles. The lowest BCUT2D eigenvalue weighted by atomic mass is 9.96. The molecule has 118 valence electrons. The Labute approximate surface area is 123 Å². The van der Waals surface area contributed by atoms with Crippen molar-refractivity contribution in [3.63, 3.8) is 0 Å². The summed E-state index contributed by atoms with van der Waals surface area (Å²) in [5.41, 5.74) is 4.79. The molecule has 0 fully saturated rings. The predicted molar refractivity (Wildman–Crippen MR) is 78.2 cm³/mol. The number of nitrogens with two attached hydrogens (primary N) is 1. The van der Waals surface area contributed by atoms with Crippen LogP contribution >= 0.6 is 0 Å². The molecule has 4 nitrogen and oxygen atoms in total. The monoisotopic (exact) mass is 300 g/mol. The number of hydrogen-bond donors (Lipinski definition) is 2. The van der Waals surface area contributed by atoms with Crippen LogP contribution < -0.4 is 11.1 Å². The summed E-state index contributed by atoms with van der Waals surface area (Å²) in [5, 5.41) is 2.22. The molecule has 0 spiro atoms. The van der Waals surface area contributed by atoms with Crippen LogP contribution in [0.5, 0.6) is 0 Å². The Hall–Kier alpha value is -1.69. The van der Waals surface area contributed by atoms with Crippen molar-refractivity contribution >= 4 is 11.8 Å². The van der Waals surface area contributed by atoms with Gasteiger partial charge in [0, 0.05) is 5.54 Å². The first kappa shape index (κ1) is 17.4. The highest BCUT2D eigenvalue weighted by atomic mass is 19.2. The van der Waals surface area contributed by atoms with Gasteiger partial charge >= 0.3 is 6.09 Å². The van der Waals surface area contributed by atoms with E-state index in [4.69, 9.17) is 10.5 Å². The Kier molecular flexibility index (Phi) is 4.94. The molecule has 0 aromatic heterocycles. The average molecular weight is 300 g/mol. The molecule has 0 saturated carbocycles. The van der Waals surface area contributed by atoms with Gasteiger partial charge in [0.05, 0.1) is 5.69 Å². The van der Waals surface area contributed by atoms with E-state index in [-0.39, 0.29) is 5.69 Å². The van der Waals surface area contributed by atoms with E-state index >= 15 is 0 Å². The molecule has 0 unspecified atom stereocenters. The highest BCUT2D eigenvalue weighted by Gasteiger charge is 2.20. The number of rotatable bonds is 3. The first-order valence-electron chi connectivity index (χ1n) is 6.64. The summed E-state index contributed by atoms with van der Waals surface area (Å²) in [5.74, 6) is -2.16. The topological polar surface area (TPSA) is 64.3 Å². The van der Waals surface area contributed by atoms with E-state index in [1.54, 1.807) is 34.6 Å². The highest BCUT2D eigenvalue weighted by Crippen LogP contribution is 2.23. The zero-order valence-corrected chi connectivity index (χ0v) is 13.0. The van der Waals surface area contributed by atoms with Crippen molar-refractivity contribution in [2.24, 2.45) is 5.73 Å². The van der Waals surface area contributed by atoms with Crippen molar-refractivity contribution in [3.05, 3.63) is 29.3 Å². The van der Waals surface area contributed by atoms with E-state index in [0.29, 0.717) is 12.0 Å². The van der Waals surface area contributed by atoms with Gasteiger partial charge in [0.2, 0.25) is 0 Å². The molecular formula is C15H22F2N2O2. The molecule has 21 heavy (non-hydrogen) atoms. The molecule has 0 atom stereocenters. The van der Waals surface area contributed by atoms with Crippen molar-refractivity contribution in [2.75, 3.05) is 5.32 Å². The van der Waals surface area contributed by atoms with Crippen molar-refractivity contribution in [1.29, 1.82) is 0 Å². The maximum atomic E-state index is 13.7. The fourth-order valence-electron chi connectivity index (χ4n) is 1.78. The van der Waals surface area contributed by atoms with E-state index in [0.717, 1.165) is 6.07 Å². The molecule has 0 aliphatic heterocycles. The molecular weight excluding hydrogens is 278 g/mol. The number of carbonyl (C=O) groups excluding carboxylic acids is 1. The molecule has 0 aliphatic rings. The van der Waals surface area contributed by atoms with Gasteiger partial charge in [0.1, 0.15) is 5.60 Å². The predicted octanol–water partition coefficient (Wildman–Crippen LogP) is 3.59. The summed E-state index contributed by atoms with van der Waals surface area (Å²) in [6.07, 6.45) is -0.502. The van der Waals surface area contributed by atoms with Gasteiger partial charge in [-0.15, -0.1) is 0 Å². The molecule has 0 saturated heterocycles. The van der Waals surface area contributed by atoms with Gasteiger partial charge in [0.25, 0.3) is 0 Å². The molecule has 0 aliphatic carbocycles. The van der Waals surface area contributed by atoms with Crippen LogP contribution in [0.4, 0.5) is 19.3 Å². The first-order chi connectivity index (χ1) is 9.37. The zero-order valence-electron chi connectivity index (χ0n) is 13.0. The smallest absolute Gasteiger partial charge is 0.412 e. The summed E-state index contributed by atoms with van der Waals surface area (Å²) in [6.45, 7) is 8.58. The number of halogens is 2. The average Bonchev–Trinajstić information content (AvgIpc) is 2.19. The summed E-state index contributed by atoms with van der Waals surface area (Å²) >= 11 is 0. The summed E-state index contributed by atoms with van der Waals surface area (Å²) in [6, 6.07) is 2.43. The van der Waals surface area contributed by atoms with Crippen LogP contribution in [0, 0.1) is 11.6 Å². The number of nitrogens with one attached hydrogen (secondary N) is 1. The Balaban J connectivity index is 2.98. The number of anilines is 1. The highest BCUT2D eigenvalue weighted by molar-refractivity contribution is 5.85. The van der Waals surface area contributed by atoms with Gasteiger partial charge in [-0.2, -0.15) is 0 Å². The molecule has 6 heteroatoms. The van der Waals surface area contributed by atoms with Gasteiger partial charge in [-0.05, 0) is 58.7 Å². The minimum Gasteiger partial charge on any atom is -0.444 e. The van der Waals surface area contributed by atoms with Crippen LogP contribution in [0.15, 0.2) is 12.1 Å². The Morgan fingerprint density at radius 1 is 1.24 bits per heavy atom. The minimum atomic E-state index is -1.13. The van der Waals surface area contributed by atoms with E-state index < -0.39 is 28.9 Å². The van der Waals surface area contributed by atoms with E-state index in [2.05, 4.69) is 5.32 Å². The first-order valence-corrected chi connectivity index (χ1v) is 6.64. The normalized spacial score (nSPS) is 12.2. The number of benzene rings is 1. The fourth-order valence-corrected chi connectivity index (χ4v) is 1.78. The Bertz CT molecular complexity index is 532. The second-order valence-electron chi connectivity index (χ2n) is 6.73. The molecule has 1 rings (SSSR count). The largest absolute Gasteiger partial charge is 0.444 e. The van der Waals surface area contributed by atoms with Crippen molar-refractivity contribution in [1.82, 2.24) is 0 Å². The molecule has 0 radical (unpaired) electrons. The SMILES string of the molecule is CC(C)(N)Cc1cc(F)c(F)c(NC(=O)OC(C)(C)C)c1. The lowest BCUT2D eigenvalue weighted by molar-refractivity contribution is 0.0635. The summed E-state index contributed by atoms with van der Waals surface area (Å²) in [7, 11) is 0. The minimum absolute atomic E-state index is 0.261. The van der Waals surface area contributed by atoms with Crippen LogP contribution in [-0.2, 0) is 11.2 Å². The van der Waals surface area contributed by atoms with Crippen molar-refractivity contribution < 1.29 is 18.3 Å². The lowest BCUT2D eigenvalue weighted by Crippen LogP contribution is -2.34. The third-order valence-corrected chi connectivity index (χ3v) is 2.38. The third-order valence-electron chi connectivity index (χ3n) is 2.38. The van der Waals surface area contributed by atoms with Gasteiger partial charge < -0.3 is 10.5 Å². The molecule has 0 bridgehead atoms.